The highest BCUT2D eigenvalue weighted by Crippen LogP contribution is 2.13. The largest absolute Gasteiger partial charge is 0.355 e. The number of guanidine groups is 1. The summed E-state index contributed by atoms with van der Waals surface area (Å²) in [6.07, 6.45) is 2.79. The molecule has 2 rings (SSSR count). The predicted octanol–water partition coefficient (Wildman–Crippen LogP) is 0.483. The summed E-state index contributed by atoms with van der Waals surface area (Å²) < 4.78 is 2.00. The Morgan fingerprint density at radius 2 is 2.04 bits per heavy atom. The third kappa shape index (κ3) is 5.44. The number of hydrogen-bond acceptors (Lipinski definition) is 4. The Balaban J connectivity index is 1.76. The molecule has 0 bridgehead atoms. The van der Waals surface area contributed by atoms with Crippen molar-refractivity contribution in [1.82, 2.24) is 30.7 Å². The van der Waals surface area contributed by atoms with Gasteiger partial charge >= 0.3 is 0 Å². The number of aromatic nitrogens is 3. The van der Waals surface area contributed by atoms with E-state index in [2.05, 4.69) is 37.9 Å². The van der Waals surface area contributed by atoms with Gasteiger partial charge < -0.3 is 16.0 Å². The van der Waals surface area contributed by atoms with Gasteiger partial charge in [-0.1, -0.05) is 27.7 Å². The first-order valence-electron chi connectivity index (χ1n) is 9.01. The van der Waals surface area contributed by atoms with Gasteiger partial charge in [-0.2, -0.15) is 5.10 Å². The van der Waals surface area contributed by atoms with Gasteiger partial charge in [0.1, 0.15) is 5.82 Å². The smallest absolute Gasteiger partial charge is 0.225 e. The number of aliphatic imine (C=N–C) groups is 1. The van der Waals surface area contributed by atoms with Crippen molar-refractivity contribution in [3.8, 4) is 0 Å². The Kier molecular flexibility index (Phi) is 6.39. The number of nitrogens with zero attached hydrogens (tertiary/aromatic N) is 4. The van der Waals surface area contributed by atoms with Crippen LogP contribution in [0.5, 0.6) is 0 Å². The quantitative estimate of drug-likeness (QED) is 0.408. The lowest BCUT2D eigenvalue weighted by molar-refractivity contribution is -0.128. The number of carbonyl (C=O) groups is 1. The standard InChI is InChI=1S/C17H31N7O/c1-6-13-22-14-8-7-12(11-24(14)23-13)21-16(18-5)20-10-9-19-15(25)17(2,3)4/h12H,6-11H2,1-5H3,(H,19,25)(H2,18,20,21). The Morgan fingerprint density at radius 1 is 1.32 bits per heavy atom. The zero-order valence-electron chi connectivity index (χ0n) is 16.0. The van der Waals surface area contributed by atoms with Gasteiger partial charge in [-0.25, -0.2) is 9.67 Å². The number of carbonyl (C=O) groups excluding carboxylic acids is 1. The van der Waals surface area contributed by atoms with E-state index in [0.717, 1.165) is 43.4 Å². The average molecular weight is 349 g/mol. The van der Waals surface area contributed by atoms with Crippen LogP contribution in [-0.4, -0.2) is 52.8 Å². The number of rotatable bonds is 5. The number of aryl methyl sites for hydroxylation is 2. The molecule has 8 heteroatoms. The molecule has 1 amide bonds. The van der Waals surface area contributed by atoms with Crippen molar-refractivity contribution in [2.75, 3.05) is 20.1 Å². The van der Waals surface area contributed by atoms with Crippen LogP contribution in [0, 0.1) is 5.41 Å². The predicted molar refractivity (Wildman–Crippen MR) is 98.5 cm³/mol. The molecule has 2 heterocycles. The van der Waals surface area contributed by atoms with Crippen LogP contribution in [0.25, 0.3) is 0 Å². The van der Waals surface area contributed by atoms with Crippen LogP contribution in [0.3, 0.4) is 0 Å². The molecule has 1 aliphatic heterocycles. The molecule has 0 spiro atoms. The molecule has 1 unspecified atom stereocenters. The van der Waals surface area contributed by atoms with E-state index in [1.165, 1.54) is 0 Å². The molecular weight excluding hydrogens is 318 g/mol. The zero-order chi connectivity index (χ0) is 18.4. The molecule has 1 aliphatic rings. The summed E-state index contributed by atoms with van der Waals surface area (Å²) in [5.74, 6) is 2.78. The van der Waals surface area contributed by atoms with E-state index in [4.69, 9.17) is 0 Å². The summed E-state index contributed by atoms with van der Waals surface area (Å²) >= 11 is 0. The van der Waals surface area contributed by atoms with Crippen molar-refractivity contribution in [2.24, 2.45) is 10.4 Å². The second-order valence-electron chi connectivity index (χ2n) is 7.36. The Labute approximate surface area is 149 Å². The summed E-state index contributed by atoms with van der Waals surface area (Å²) in [5, 5.41) is 14.1. The third-order valence-electron chi connectivity index (χ3n) is 4.17. The minimum Gasteiger partial charge on any atom is -0.355 e. The Morgan fingerprint density at radius 3 is 2.68 bits per heavy atom. The Hall–Kier alpha value is -2.12. The van der Waals surface area contributed by atoms with E-state index >= 15 is 0 Å². The number of nitrogens with one attached hydrogen (secondary N) is 3. The van der Waals surface area contributed by atoms with Gasteiger partial charge in [0.05, 0.1) is 6.54 Å². The van der Waals surface area contributed by atoms with Crippen molar-refractivity contribution in [3.63, 3.8) is 0 Å². The SMILES string of the molecule is CCc1nc2n(n1)CC(NC(=NC)NCCNC(=O)C(C)(C)C)CC2. The molecule has 0 aromatic carbocycles. The van der Waals surface area contributed by atoms with Gasteiger partial charge in [-0.3, -0.25) is 9.79 Å². The maximum atomic E-state index is 11.8. The molecule has 3 N–H and O–H groups in total. The van der Waals surface area contributed by atoms with Crippen molar-refractivity contribution in [1.29, 1.82) is 0 Å². The van der Waals surface area contributed by atoms with Gasteiger partial charge in [0.25, 0.3) is 0 Å². The van der Waals surface area contributed by atoms with Crippen LogP contribution in [-0.2, 0) is 24.2 Å². The molecule has 0 radical (unpaired) electrons. The topological polar surface area (TPSA) is 96.2 Å². The lowest BCUT2D eigenvalue weighted by atomic mass is 9.96. The first-order valence-corrected chi connectivity index (χ1v) is 9.01. The average Bonchev–Trinajstić information content (AvgIpc) is 2.98. The van der Waals surface area contributed by atoms with Crippen LogP contribution >= 0.6 is 0 Å². The van der Waals surface area contributed by atoms with Gasteiger partial charge in [0.15, 0.2) is 11.8 Å². The molecule has 8 nitrogen and oxygen atoms in total. The molecule has 0 aliphatic carbocycles. The van der Waals surface area contributed by atoms with Crippen molar-refractivity contribution in [3.05, 3.63) is 11.6 Å². The molecule has 1 aromatic heterocycles. The lowest BCUT2D eigenvalue weighted by Crippen LogP contribution is -2.49. The van der Waals surface area contributed by atoms with Crippen molar-refractivity contribution < 1.29 is 4.79 Å². The van der Waals surface area contributed by atoms with Crippen LogP contribution < -0.4 is 16.0 Å². The second kappa shape index (κ2) is 8.31. The number of amides is 1. The summed E-state index contributed by atoms with van der Waals surface area (Å²) in [4.78, 5) is 20.6. The highest BCUT2D eigenvalue weighted by atomic mass is 16.2. The molecule has 25 heavy (non-hydrogen) atoms. The zero-order valence-corrected chi connectivity index (χ0v) is 16.0. The van der Waals surface area contributed by atoms with Crippen molar-refractivity contribution >= 4 is 11.9 Å². The summed E-state index contributed by atoms with van der Waals surface area (Å²) in [6, 6.07) is 0.272. The van der Waals surface area contributed by atoms with E-state index in [9.17, 15) is 4.79 Å². The minimum absolute atomic E-state index is 0.0509. The maximum absolute atomic E-state index is 11.8. The molecule has 0 saturated carbocycles. The van der Waals surface area contributed by atoms with Gasteiger partial charge in [-0.15, -0.1) is 0 Å². The van der Waals surface area contributed by atoms with Crippen molar-refractivity contribution in [2.45, 2.75) is 59.5 Å². The van der Waals surface area contributed by atoms with E-state index in [0.29, 0.717) is 13.1 Å². The highest BCUT2D eigenvalue weighted by molar-refractivity contribution is 5.82. The number of fused-ring (bicyclic) bond motifs is 1. The Bertz CT molecular complexity index is 615. The molecule has 140 valence electrons. The van der Waals surface area contributed by atoms with E-state index < -0.39 is 0 Å². The molecule has 0 fully saturated rings. The normalized spacial score (nSPS) is 17.8. The molecular formula is C17H31N7O. The molecule has 1 atom stereocenters. The fraction of sp³-hybridized carbons (Fsp3) is 0.765. The number of hydrogen-bond donors (Lipinski definition) is 3. The molecule has 0 saturated heterocycles. The first-order chi connectivity index (χ1) is 11.8. The van der Waals surface area contributed by atoms with Gasteiger partial charge in [0.2, 0.25) is 5.91 Å². The highest BCUT2D eigenvalue weighted by Gasteiger charge is 2.22. The molecule has 1 aromatic rings. The monoisotopic (exact) mass is 349 g/mol. The second-order valence-corrected chi connectivity index (χ2v) is 7.36. The van der Waals surface area contributed by atoms with Gasteiger partial charge in [0, 0.05) is 44.4 Å². The fourth-order valence-electron chi connectivity index (χ4n) is 2.64. The lowest BCUT2D eigenvalue weighted by Gasteiger charge is -2.25. The fourth-order valence-corrected chi connectivity index (χ4v) is 2.64. The van der Waals surface area contributed by atoms with Crippen LogP contribution in [0.15, 0.2) is 4.99 Å². The van der Waals surface area contributed by atoms with E-state index in [-0.39, 0.29) is 17.4 Å². The van der Waals surface area contributed by atoms with E-state index in [1.54, 1.807) is 7.05 Å². The summed E-state index contributed by atoms with van der Waals surface area (Å²) in [6.45, 7) is 9.77. The van der Waals surface area contributed by atoms with Crippen LogP contribution in [0.2, 0.25) is 0 Å². The third-order valence-corrected chi connectivity index (χ3v) is 4.17. The van der Waals surface area contributed by atoms with Crippen LogP contribution in [0.4, 0.5) is 0 Å². The minimum atomic E-state index is -0.366. The van der Waals surface area contributed by atoms with Crippen LogP contribution in [0.1, 0.15) is 45.8 Å². The maximum Gasteiger partial charge on any atom is 0.225 e. The van der Waals surface area contributed by atoms with E-state index in [1.807, 2.05) is 25.5 Å². The summed E-state index contributed by atoms with van der Waals surface area (Å²) in [5.41, 5.74) is -0.366. The van der Waals surface area contributed by atoms with Gasteiger partial charge in [-0.05, 0) is 6.42 Å². The first kappa shape index (κ1) is 19.2. The summed E-state index contributed by atoms with van der Waals surface area (Å²) in [7, 11) is 1.75.